The molecule has 16 heavy (non-hydrogen) atoms. The monoisotopic (exact) mass is 247 g/mol. The lowest BCUT2D eigenvalue weighted by molar-refractivity contribution is 0.344. The predicted octanol–water partition coefficient (Wildman–Crippen LogP) is 1.98. The fourth-order valence-corrected chi connectivity index (χ4v) is 4.27. The Kier molecular flexibility index (Phi) is 3.75. The van der Waals surface area contributed by atoms with Gasteiger partial charge in [-0.3, -0.25) is 0 Å². The molecule has 1 aliphatic rings. The summed E-state index contributed by atoms with van der Waals surface area (Å²) in [7, 11) is -3.00. The average molecular weight is 247 g/mol. The summed E-state index contributed by atoms with van der Waals surface area (Å²) in [5, 5.41) is 3.36. The Balaban J connectivity index is 2.90. The van der Waals surface area contributed by atoms with Gasteiger partial charge in [-0.2, -0.15) is 0 Å². The van der Waals surface area contributed by atoms with Crippen molar-refractivity contribution in [1.82, 2.24) is 5.32 Å². The number of hydrogen-bond acceptors (Lipinski definition) is 3. The first-order chi connectivity index (χ1) is 7.08. The van der Waals surface area contributed by atoms with Crippen LogP contribution < -0.4 is 5.32 Å². The van der Waals surface area contributed by atoms with Crippen LogP contribution in [-0.4, -0.2) is 31.5 Å². The minimum Gasteiger partial charge on any atom is -0.310 e. The molecule has 1 aliphatic carbocycles. The molecule has 0 heterocycles. The molecule has 0 aliphatic heterocycles. The molecule has 0 aromatic heterocycles. The lowest BCUT2D eigenvalue weighted by Gasteiger charge is -2.35. The van der Waals surface area contributed by atoms with Crippen LogP contribution in [0.4, 0.5) is 0 Å². The first kappa shape index (κ1) is 14.0. The first-order valence-electron chi connectivity index (χ1n) is 6.03. The number of sulfone groups is 1. The van der Waals surface area contributed by atoms with Gasteiger partial charge < -0.3 is 5.32 Å². The van der Waals surface area contributed by atoms with E-state index in [9.17, 15) is 8.42 Å². The molecular weight excluding hydrogens is 222 g/mol. The summed E-state index contributed by atoms with van der Waals surface area (Å²) in [5.41, 5.74) is -0.0278. The molecule has 96 valence electrons. The molecule has 0 spiro atoms. The molecule has 4 heteroatoms. The van der Waals surface area contributed by atoms with Crippen LogP contribution in [0.3, 0.4) is 0 Å². The minimum absolute atomic E-state index is 0.0278. The fraction of sp³-hybridized carbons (Fsp3) is 1.00. The topological polar surface area (TPSA) is 46.2 Å². The van der Waals surface area contributed by atoms with Crippen LogP contribution in [0.25, 0.3) is 0 Å². The molecule has 3 nitrogen and oxygen atoms in total. The second-order valence-corrected chi connectivity index (χ2v) is 8.59. The van der Waals surface area contributed by atoms with E-state index in [0.29, 0.717) is 6.54 Å². The highest BCUT2D eigenvalue weighted by Crippen LogP contribution is 2.41. The smallest absolute Gasteiger partial charge is 0.154 e. The van der Waals surface area contributed by atoms with Crippen molar-refractivity contribution in [2.24, 2.45) is 5.92 Å². The number of rotatable bonds is 3. The zero-order valence-electron chi connectivity index (χ0n) is 11.1. The van der Waals surface area contributed by atoms with Crippen molar-refractivity contribution in [1.29, 1.82) is 0 Å². The standard InChI is InChI=1S/C12H25NO2S/c1-10-7-6-8-12(10,16(5,14)15)9-13-11(2,3)4/h10,13H,6-9H2,1-5H3. The van der Waals surface area contributed by atoms with Crippen molar-refractivity contribution in [3.8, 4) is 0 Å². The van der Waals surface area contributed by atoms with Gasteiger partial charge >= 0.3 is 0 Å². The molecule has 2 atom stereocenters. The van der Waals surface area contributed by atoms with E-state index in [1.807, 2.05) is 0 Å². The highest BCUT2D eigenvalue weighted by atomic mass is 32.2. The van der Waals surface area contributed by atoms with E-state index in [4.69, 9.17) is 0 Å². The Labute approximate surface area is 99.9 Å². The van der Waals surface area contributed by atoms with Gasteiger partial charge in [0.05, 0.1) is 4.75 Å². The van der Waals surface area contributed by atoms with E-state index in [0.717, 1.165) is 19.3 Å². The summed E-state index contributed by atoms with van der Waals surface area (Å²) >= 11 is 0. The van der Waals surface area contributed by atoms with Crippen LogP contribution in [0.5, 0.6) is 0 Å². The minimum atomic E-state index is -3.00. The summed E-state index contributed by atoms with van der Waals surface area (Å²) in [6.07, 6.45) is 4.24. The molecule has 0 aromatic rings. The Morgan fingerprint density at radius 1 is 1.38 bits per heavy atom. The second kappa shape index (κ2) is 4.30. The summed E-state index contributed by atoms with van der Waals surface area (Å²) in [4.78, 5) is 0. The van der Waals surface area contributed by atoms with E-state index < -0.39 is 14.6 Å². The van der Waals surface area contributed by atoms with Gasteiger partial charge in [0.25, 0.3) is 0 Å². The largest absolute Gasteiger partial charge is 0.310 e. The summed E-state index contributed by atoms with van der Waals surface area (Å²) in [6.45, 7) is 8.86. The maximum Gasteiger partial charge on any atom is 0.154 e. The Morgan fingerprint density at radius 3 is 2.25 bits per heavy atom. The third kappa shape index (κ3) is 2.77. The highest BCUT2D eigenvalue weighted by molar-refractivity contribution is 7.92. The van der Waals surface area contributed by atoms with Crippen molar-refractivity contribution < 1.29 is 8.42 Å². The molecule has 0 aromatic carbocycles. The molecule has 0 radical (unpaired) electrons. The van der Waals surface area contributed by atoms with Crippen molar-refractivity contribution in [3.63, 3.8) is 0 Å². The molecular formula is C12H25NO2S. The molecule has 0 amide bonds. The van der Waals surface area contributed by atoms with Crippen molar-refractivity contribution in [2.45, 2.75) is 57.2 Å². The van der Waals surface area contributed by atoms with E-state index in [2.05, 4.69) is 33.0 Å². The molecule has 1 fully saturated rings. The summed E-state index contributed by atoms with van der Waals surface area (Å²) in [6, 6.07) is 0. The van der Waals surface area contributed by atoms with Gasteiger partial charge in [-0.1, -0.05) is 13.3 Å². The SMILES string of the molecule is CC1CCCC1(CNC(C)(C)C)S(C)(=O)=O. The van der Waals surface area contributed by atoms with Gasteiger partial charge in [-0.05, 0) is 39.5 Å². The van der Waals surface area contributed by atoms with Gasteiger partial charge in [-0.15, -0.1) is 0 Å². The van der Waals surface area contributed by atoms with Gasteiger partial charge in [0.2, 0.25) is 0 Å². The number of nitrogens with one attached hydrogen (secondary N) is 1. The zero-order valence-corrected chi connectivity index (χ0v) is 11.9. The van der Waals surface area contributed by atoms with Crippen LogP contribution in [-0.2, 0) is 9.84 Å². The van der Waals surface area contributed by atoms with Gasteiger partial charge in [0.15, 0.2) is 9.84 Å². The molecule has 1 saturated carbocycles. The van der Waals surface area contributed by atoms with Crippen LogP contribution in [0, 0.1) is 5.92 Å². The van der Waals surface area contributed by atoms with Gasteiger partial charge in [0, 0.05) is 18.3 Å². The highest BCUT2D eigenvalue weighted by Gasteiger charge is 2.48. The molecule has 0 bridgehead atoms. The predicted molar refractivity (Wildman–Crippen MR) is 68.3 cm³/mol. The summed E-state index contributed by atoms with van der Waals surface area (Å²) < 4.78 is 23.5. The number of hydrogen-bond donors (Lipinski definition) is 1. The van der Waals surface area contributed by atoms with Crippen LogP contribution in [0.2, 0.25) is 0 Å². The maximum absolute atomic E-state index is 12.0. The van der Waals surface area contributed by atoms with E-state index in [1.165, 1.54) is 6.26 Å². The third-order valence-electron chi connectivity index (χ3n) is 3.79. The van der Waals surface area contributed by atoms with Crippen LogP contribution in [0.1, 0.15) is 47.0 Å². The Hall–Kier alpha value is -0.0900. The van der Waals surface area contributed by atoms with Gasteiger partial charge in [0.1, 0.15) is 0 Å². The molecule has 1 rings (SSSR count). The summed E-state index contributed by atoms with van der Waals surface area (Å²) in [5.74, 6) is 0.261. The normalized spacial score (nSPS) is 31.9. The van der Waals surface area contributed by atoms with Crippen LogP contribution in [0.15, 0.2) is 0 Å². The quantitative estimate of drug-likeness (QED) is 0.829. The van der Waals surface area contributed by atoms with Gasteiger partial charge in [-0.25, -0.2) is 8.42 Å². The Bertz CT molecular complexity index is 343. The second-order valence-electron chi connectivity index (χ2n) is 6.23. The lowest BCUT2D eigenvalue weighted by Crippen LogP contribution is -2.53. The van der Waals surface area contributed by atoms with Crippen molar-refractivity contribution in [3.05, 3.63) is 0 Å². The average Bonchev–Trinajstić information content (AvgIpc) is 2.42. The first-order valence-corrected chi connectivity index (χ1v) is 7.92. The molecule has 0 saturated heterocycles. The van der Waals surface area contributed by atoms with Crippen LogP contribution >= 0.6 is 0 Å². The van der Waals surface area contributed by atoms with Crippen molar-refractivity contribution >= 4 is 9.84 Å². The molecule has 1 N–H and O–H groups in total. The molecule has 2 unspecified atom stereocenters. The van der Waals surface area contributed by atoms with E-state index in [-0.39, 0.29) is 11.5 Å². The maximum atomic E-state index is 12.0. The lowest BCUT2D eigenvalue weighted by atomic mass is 9.95. The Morgan fingerprint density at radius 2 is 1.94 bits per heavy atom. The van der Waals surface area contributed by atoms with Crippen molar-refractivity contribution in [2.75, 3.05) is 12.8 Å². The fourth-order valence-electron chi connectivity index (χ4n) is 2.58. The van der Waals surface area contributed by atoms with E-state index in [1.54, 1.807) is 0 Å². The zero-order chi connectivity index (χ0) is 12.6. The van der Waals surface area contributed by atoms with E-state index >= 15 is 0 Å². The third-order valence-corrected chi connectivity index (χ3v) is 6.02.